The number of methoxy groups -OCH3 is 2. The van der Waals surface area contributed by atoms with E-state index in [0.717, 1.165) is 4.90 Å². The van der Waals surface area contributed by atoms with Gasteiger partial charge in [0, 0.05) is 0 Å². The standard InChI is InChI=1S/C20H18IN3O8/c1-29-15-7-10(5-12(21)17(15)31-9-16(22)25)6-13-18(26)24(20(28)23-13)8-11-3-4-14(32-11)19(27)30-2/h3-7H,8-9H2,1-2H3,(H2,22,25)(H,23,28)/b13-6-. The highest BCUT2D eigenvalue weighted by molar-refractivity contribution is 14.1. The molecule has 2 heterocycles. The molecule has 0 spiro atoms. The van der Waals surface area contributed by atoms with Gasteiger partial charge in [0.25, 0.3) is 11.8 Å². The molecule has 1 aliphatic rings. The number of nitrogens with zero attached hydrogens (tertiary/aromatic N) is 1. The monoisotopic (exact) mass is 555 g/mol. The molecule has 1 aromatic carbocycles. The molecule has 3 N–H and O–H groups in total. The van der Waals surface area contributed by atoms with E-state index in [9.17, 15) is 19.2 Å². The Morgan fingerprint density at radius 3 is 2.66 bits per heavy atom. The van der Waals surface area contributed by atoms with Crippen LogP contribution in [0.4, 0.5) is 4.79 Å². The third-order valence-electron chi connectivity index (χ3n) is 4.25. The highest BCUT2D eigenvalue weighted by atomic mass is 127. The molecule has 0 saturated carbocycles. The highest BCUT2D eigenvalue weighted by Gasteiger charge is 2.34. The van der Waals surface area contributed by atoms with Gasteiger partial charge in [-0.05, 0) is 58.5 Å². The van der Waals surface area contributed by atoms with Crippen LogP contribution in [0.5, 0.6) is 11.5 Å². The first kappa shape index (κ1) is 23.1. The smallest absolute Gasteiger partial charge is 0.373 e. The molecule has 1 saturated heterocycles. The molecule has 1 aromatic heterocycles. The molecular weight excluding hydrogens is 537 g/mol. The van der Waals surface area contributed by atoms with Crippen molar-refractivity contribution in [2.75, 3.05) is 20.8 Å². The number of hydrogen-bond acceptors (Lipinski definition) is 8. The largest absolute Gasteiger partial charge is 0.493 e. The number of nitrogens with one attached hydrogen (secondary N) is 1. The molecule has 12 heteroatoms. The van der Waals surface area contributed by atoms with Crippen LogP contribution < -0.4 is 20.5 Å². The lowest BCUT2D eigenvalue weighted by Gasteiger charge is -2.12. The average Bonchev–Trinajstić information content (AvgIpc) is 3.32. The number of benzene rings is 1. The number of furan rings is 1. The van der Waals surface area contributed by atoms with Gasteiger partial charge in [0.2, 0.25) is 5.76 Å². The van der Waals surface area contributed by atoms with Crippen molar-refractivity contribution in [1.29, 1.82) is 0 Å². The maximum absolute atomic E-state index is 12.7. The van der Waals surface area contributed by atoms with Crippen LogP contribution in [0, 0.1) is 3.57 Å². The van der Waals surface area contributed by atoms with Gasteiger partial charge in [-0.1, -0.05) is 0 Å². The zero-order chi connectivity index (χ0) is 23.4. The second kappa shape index (κ2) is 9.72. The number of urea groups is 1. The Morgan fingerprint density at radius 2 is 2.00 bits per heavy atom. The van der Waals surface area contributed by atoms with Crippen molar-refractivity contribution in [3.63, 3.8) is 0 Å². The van der Waals surface area contributed by atoms with Crippen LogP contribution in [0.1, 0.15) is 21.9 Å². The van der Waals surface area contributed by atoms with Gasteiger partial charge in [-0.25, -0.2) is 9.59 Å². The second-order valence-corrected chi connectivity index (χ2v) is 7.59. The van der Waals surface area contributed by atoms with Gasteiger partial charge in [-0.15, -0.1) is 0 Å². The lowest BCUT2D eigenvalue weighted by atomic mass is 10.1. The molecule has 0 radical (unpaired) electrons. The van der Waals surface area contributed by atoms with Crippen molar-refractivity contribution in [1.82, 2.24) is 10.2 Å². The maximum atomic E-state index is 12.7. The summed E-state index contributed by atoms with van der Waals surface area (Å²) in [6.07, 6.45) is 1.48. The van der Waals surface area contributed by atoms with E-state index in [-0.39, 0.29) is 30.4 Å². The molecule has 0 aliphatic carbocycles. The summed E-state index contributed by atoms with van der Waals surface area (Å²) in [4.78, 5) is 48.5. The highest BCUT2D eigenvalue weighted by Crippen LogP contribution is 2.34. The van der Waals surface area contributed by atoms with Crippen molar-refractivity contribution in [3.05, 3.63) is 50.6 Å². The molecule has 11 nitrogen and oxygen atoms in total. The topological polar surface area (TPSA) is 150 Å². The molecule has 0 atom stereocenters. The van der Waals surface area contributed by atoms with Crippen molar-refractivity contribution >= 4 is 52.5 Å². The third kappa shape index (κ3) is 5.01. The SMILES string of the molecule is COC(=O)c1ccc(CN2C(=O)N/C(=C\c3cc(I)c(OCC(N)=O)c(OC)c3)C2=O)o1. The van der Waals surface area contributed by atoms with E-state index in [1.54, 1.807) is 12.1 Å². The first-order valence-electron chi connectivity index (χ1n) is 9.03. The van der Waals surface area contributed by atoms with Crippen LogP contribution in [0.15, 0.2) is 34.4 Å². The molecule has 1 fully saturated rings. The van der Waals surface area contributed by atoms with Crippen molar-refractivity contribution in [2.24, 2.45) is 5.73 Å². The van der Waals surface area contributed by atoms with E-state index in [0.29, 0.717) is 20.6 Å². The second-order valence-electron chi connectivity index (χ2n) is 6.43. The molecular formula is C20H18IN3O8. The Hall–Kier alpha value is -3.55. The minimum absolute atomic E-state index is 0.0364. The number of rotatable bonds is 8. The number of nitrogens with two attached hydrogens (primary N) is 1. The molecule has 32 heavy (non-hydrogen) atoms. The average molecular weight is 555 g/mol. The lowest BCUT2D eigenvalue weighted by Crippen LogP contribution is -2.30. The summed E-state index contributed by atoms with van der Waals surface area (Å²) in [5.74, 6) is -1.02. The Kier molecular flexibility index (Phi) is 7.02. The first-order chi connectivity index (χ1) is 15.2. The number of esters is 1. The van der Waals surface area contributed by atoms with Gasteiger partial charge < -0.3 is 29.7 Å². The number of hydrogen-bond donors (Lipinski definition) is 2. The van der Waals surface area contributed by atoms with Gasteiger partial charge in [0.05, 0.1) is 24.3 Å². The van der Waals surface area contributed by atoms with Crippen molar-refractivity contribution < 1.29 is 37.8 Å². The van der Waals surface area contributed by atoms with E-state index in [1.165, 1.54) is 32.4 Å². The van der Waals surface area contributed by atoms with E-state index >= 15 is 0 Å². The van der Waals surface area contributed by atoms with Gasteiger partial charge in [0.15, 0.2) is 18.1 Å². The number of carbonyl (C=O) groups is 4. The number of primary amides is 1. The Bertz CT molecular complexity index is 1120. The number of amides is 4. The number of halogens is 1. The van der Waals surface area contributed by atoms with Crippen LogP contribution in [-0.4, -0.2) is 49.5 Å². The Balaban J connectivity index is 1.80. The van der Waals surface area contributed by atoms with Gasteiger partial charge in [-0.3, -0.25) is 14.5 Å². The molecule has 0 unspecified atom stereocenters. The summed E-state index contributed by atoms with van der Waals surface area (Å²) in [6.45, 7) is -0.486. The van der Waals surface area contributed by atoms with Crippen LogP contribution in [0.2, 0.25) is 0 Å². The van der Waals surface area contributed by atoms with Crippen LogP contribution in [0.3, 0.4) is 0 Å². The summed E-state index contributed by atoms with van der Waals surface area (Å²) in [5, 5.41) is 2.50. The van der Waals surface area contributed by atoms with Crippen LogP contribution in [0.25, 0.3) is 6.08 Å². The fourth-order valence-electron chi connectivity index (χ4n) is 2.82. The van der Waals surface area contributed by atoms with E-state index in [2.05, 4.69) is 10.1 Å². The lowest BCUT2D eigenvalue weighted by molar-refractivity contribution is -0.123. The quantitative estimate of drug-likeness (QED) is 0.216. The normalized spacial score (nSPS) is 14.5. The Morgan fingerprint density at radius 1 is 1.25 bits per heavy atom. The zero-order valence-electron chi connectivity index (χ0n) is 17.0. The maximum Gasteiger partial charge on any atom is 0.373 e. The first-order valence-corrected chi connectivity index (χ1v) is 10.1. The van der Waals surface area contributed by atoms with Gasteiger partial charge in [-0.2, -0.15) is 0 Å². The molecule has 1 aliphatic heterocycles. The summed E-state index contributed by atoms with van der Waals surface area (Å²) in [6, 6.07) is 5.51. The summed E-state index contributed by atoms with van der Waals surface area (Å²) < 4.78 is 21.2. The van der Waals surface area contributed by atoms with Crippen LogP contribution >= 0.6 is 22.6 Å². The molecule has 168 valence electrons. The molecule has 3 rings (SSSR count). The fourth-order valence-corrected chi connectivity index (χ4v) is 3.60. The van der Waals surface area contributed by atoms with Crippen molar-refractivity contribution in [2.45, 2.75) is 6.54 Å². The summed E-state index contributed by atoms with van der Waals surface area (Å²) in [7, 11) is 2.64. The fraction of sp³-hybridized carbons (Fsp3) is 0.200. The predicted molar refractivity (Wildman–Crippen MR) is 118 cm³/mol. The van der Waals surface area contributed by atoms with Gasteiger partial charge >= 0.3 is 12.0 Å². The number of imide groups is 1. The molecule has 2 aromatic rings. The van der Waals surface area contributed by atoms with E-state index in [1.807, 2.05) is 22.6 Å². The number of carbonyl (C=O) groups excluding carboxylic acids is 4. The van der Waals surface area contributed by atoms with Crippen LogP contribution in [-0.2, 0) is 20.9 Å². The molecule has 0 bridgehead atoms. The Labute approximate surface area is 195 Å². The third-order valence-corrected chi connectivity index (χ3v) is 5.05. The van der Waals surface area contributed by atoms with E-state index in [4.69, 9.17) is 19.6 Å². The molecule has 4 amide bonds. The van der Waals surface area contributed by atoms with Gasteiger partial charge in [0.1, 0.15) is 11.5 Å². The predicted octanol–water partition coefficient (Wildman–Crippen LogP) is 1.64. The van der Waals surface area contributed by atoms with E-state index < -0.39 is 23.8 Å². The summed E-state index contributed by atoms with van der Waals surface area (Å²) in [5.41, 5.74) is 5.70. The van der Waals surface area contributed by atoms with Crippen molar-refractivity contribution in [3.8, 4) is 11.5 Å². The minimum Gasteiger partial charge on any atom is -0.493 e. The number of ether oxygens (including phenoxy) is 3. The zero-order valence-corrected chi connectivity index (χ0v) is 19.1. The summed E-state index contributed by atoms with van der Waals surface area (Å²) >= 11 is 1.99. The minimum atomic E-state index is -0.666.